The van der Waals surface area contributed by atoms with Gasteiger partial charge in [-0.05, 0) is 67.3 Å². The highest BCUT2D eigenvalue weighted by Crippen LogP contribution is 2.17. The smallest absolute Gasteiger partial charge is 0.326 e. The molecule has 1 N–H and O–H groups in total. The van der Waals surface area contributed by atoms with Gasteiger partial charge < -0.3 is 19.9 Å². The topological polar surface area (TPSA) is 44.8 Å². The first-order chi connectivity index (χ1) is 9.42. The third kappa shape index (κ3) is 4.72. The summed E-state index contributed by atoms with van der Waals surface area (Å²) in [6, 6.07) is 0.634. The molecule has 0 aliphatic carbocycles. The lowest BCUT2D eigenvalue weighted by atomic mass is 9.96. The summed E-state index contributed by atoms with van der Waals surface area (Å²) < 4.78 is 5.16. The van der Waals surface area contributed by atoms with Gasteiger partial charge in [0.25, 0.3) is 0 Å². The van der Waals surface area contributed by atoms with E-state index in [4.69, 9.17) is 4.74 Å². The van der Waals surface area contributed by atoms with E-state index < -0.39 is 5.54 Å². The number of esters is 1. The van der Waals surface area contributed by atoms with E-state index >= 15 is 0 Å². The molecule has 20 heavy (non-hydrogen) atoms. The highest BCUT2D eigenvalue weighted by Gasteiger charge is 2.33. The Hall–Kier alpha value is -0.650. The maximum Gasteiger partial charge on any atom is 0.326 e. The summed E-state index contributed by atoms with van der Waals surface area (Å²) in [5.41, 5.74) is -0.588. The van der Waals surface area contributed by atoms with Crippen molar-refractivity contribution in [1.29, 1.82) is 0 Å². The molecule has 1 rings (SSSR count). The fourth-order valence-electron chi connectivity index (χ4n) is 2.64. The molecule has 0 aromatic heterocycles. The number of rotatable bonds is 7. The Balaban J connectivity index is 2.45. The van der Waals surface area contributed by atoms with E-state index in [1.165, 1.54) is 12.8 Å². The van der Waals surface area contributed by atoms with E-state index in [0.29, 0.717) is 12.6 Å². The second-order valence-electron chi connectivity index (χ2n) is 6.07. The molecule has 5 heteroatoms. The number of ether oxygens (including phenoxy) is 1. The quantitative estimate of drug-likeness (QED) is 0.706. The minimum atomic E-state index is -0.588. The fraction of sp³-hybridized carbons (Fsp3) is 0.933. The van der Waals surface area contributed by atoms with E-state index in [1.54, 1.807) is 0 Å². The summed E-state index contributed by atoms with van der Waals surface area (Å²) >= 11 is 0. The van der Waals surface area contributed by atoms with Crippen LogP contribution in [0.25, 0.3) is 0 Å². The molecule has 1 aliphatic rings. The highest BCUT2D eigenvalue weighted by atomic mass is 16.5. The first kappa shape index (κ1) is 17.4. The number of nitrogens with zero attached hydrogens (tertiary/aromatic N) is 2. The van der Waals surface area contributed by atoms with Gasteiger partial charge in [-0.15, -0.1) is 0 Å². The van der Waals surface area contributed by atoms with Crippen LogP contribution in [-0.4, -0.2) is 74.7 Å². The zero-order chi connectivity index (χ0) is 15.2. The Bertz CT molecular complexity index is 303. The van der Waals surface area contributed by atoms with Crippen molar-refractivity contribution >= 4 is 5.97 Å². The van der Waals surface area contributed by atoms with Crippen LogP contribution in [0, 0.1) is 0 Å². The van der Waals surface area contributed by atoms with Crippen molar-refractivity contribution in [3.05, 3.63) is 0 Å². The molecular formula is C15H31N3O2. The van der Waals surface area contributed by atoms with Gasteiger partial charge in [0.1, 0.15) is 5.54 Å². The molecule has 0 aromatic carbocycles. The Kier molecular flexibility index (Phi) is 6.92. The molecule has 0 aromatic rings. The van der Waals surface area contributed by atoms with E-state index in [0.717, 1.165) is 26.1 Å². The molecule has 0 spiro atoms. The average molecular weight is 285 g/mol. The third-order valence-corrected chi connectivity index (χ3v) is 4.55. The van der Waals surface area contributed by atoms with Crippen molar-refractivity contribution in [3.63, 3.8) is 0 Å². The normalized spacial score (nSPS) is 20.9. The van der Waals surface area contributed by atoms with Crippen LogP contribution in [0.2, 0.25) is 0 Å². The van der Waals surface area contributed by atoms with Gasteiger partial charge in [0, 0.05) is 12.6 Å². The van der Waals surface area contributed by atoms with Gasteiger partial charge in [-0.25, -0.2) is 0 Å². The lowest BCUT2D eigenvalue weighted by Crippen LogP contribution is -2.51. The molecule has 5 nitrogen and oxygen atoms in total. The van der Waals surface area contributed by atoms with Gasteiger partial charge >= 0.3 is 5.97 Å². The maximum atomic E-state index is 12.0. The SMILES string of the molecule is CCOC(=O)C(C)(CCN(C)C1CCN(C)CC1)NC. The summed E-state index contributed by atoms with van der Waals surface area (Å²) in [5, 5.41) is 3.12. The van der Waals surface area contributed by atoms with Crippen LogP contribution in [-0.2, 0) is 9.53 Å². The Morgan fingerprint density at radius 1 is 1.45 bits per heavy atom. The Labute approximate surface area is 123 Å². The number of nitrogens with one attached hydrogen (secondary N) is 1. The molecule has 0 radical (unpaired) electrons. The van der Waals surface area contributed by atoms with Gasteiger partial charge in [0.15, 0.2) is 0 Å². The van der Waals surface area contributed by atoms with E-state index in [9.17, 15) is 4.79 Å². The van der Waals surface area contributed by atoms with Gasteiger partial charge in [0.05, 0.1) is 6.61 Å². The van der Waals surface area contributed by atoms with Gasteiger partial charge in [-0.1, -0.05) is 0 Å². The summed E-state index contributed by atoms with van der Waals surface area (Å²) in [7, 11) is 6.17. The zero-order valence-corrected chi connectivity index (χ0v) is 13.7. The van der Waals surface area contributed by atoms with Crippen molar-refractivity contribution in [2.75, 3.05) is 47.4 Å². The summed E-state index contributed by atoms with van der Waals surface area (Å²) in [5.74, 6) is -0.153. The van der Waals surface area contributed by atoms with Gasteiger partial charge in [-0.2, -0.15) is 0 Å². The zero-order valence-electron chi connectivity index (χ0n) is 13.7. The van der Waals surface area contributed by atoms with E-state index in [-0.39, 0.29) is 5.97 Å². The van der Waals surface area contributed by atoms with Crippen LogP contribution in [0.3, 0.4) is 0 Å². The second-order valence-corrected chi connectivity index (χ2v) is 6.07. The first-order valence-electron chi connectivity index (χ1n) is 7.68. The van der Waals surface area contributed by atoms with Crippen LogP contribution in [0.4, 0.5) is 0 Å². The molecule has 118 valence electrons. The molecule has 0 saturated carbocycles. The molecule has 1 aliphatic heterocycles. The third-order valence-electron chi connectivity index (χ3n) is 4.55. The number of hydrogen-bond acceptors (Lipinski definition) is 5. The standard InChI is InChI=1S/C15H31N3O2/c1-6-20-14(19)15(2,16-3)9-12-18(5)13-7-10-17(4)11-8-13/h13,16H,6-12H2,1-5H3. The molecule has 1 unspecified atom stereocenters. The predicted molar refractivity (Wildman–Crippen MR) is 81.9 cm³/mol. The van der Waals surface area contributed by atoms with E-state index in [2.05, 4.69) is 29.2 Å². The highest BCUT2D eigenvalue weighted by molar-refractivity contribution is 5.80. The summed E-state index contributed by atoms with van der Waals surface area (Å²) in [6.45, 7) is 7.43. The number of likely N-dealkylation sites (N-methyl/N-ethyl adjacent to an activating group) is 1. The molecule has 0 bridgehead atoms. The van der Waals surface area contributed by atoms with Crippen LogP contribution >= 0.6 is 0 Å². The summed E-state index contributed by atoms with van der Waals surface area (Å²) in [4.78, 5) is 16.8. The van der Waals surface area contributed by atoms with Crippen molar-refractivity contribution < 1.29 is 9.53 Å². The maximum absolute atomic E-state index is 12.0. The minimum Gasteiger partial charge on any atom is -0.465 e. The first-order valence-corrected chi connectivity index (χ1v) is 7.68. The Morgan fingerprint density at radius 3 is 2.55 bits per heavy atom. The number of piperidine rings is 1. The van der Waals surface area contributed by atoms with Crippen molar-refractivity contribution in [3.8, 4) is 0 Å². The molecule has 1 saturated heterocycles. The number of carbonyl (C=O) groups excluding carboxylic acids is 1. The molecule has 0 amide bonds. The molecule has 1 atom stereocenters. The van der Waals surface area contributed by atoms with Crippen molar-refractivity contribution in [2.24, 2.45) is 0 Å². The summed E-state index contributed by atoms with van der Waals surface area (Å²) in [6.07, 6.45) is 3.19. The molecular weight excluding hydrogens is 254 g/mol. The number of hydrogen-bond donors (Lipinski definition) is 1. The lowest BCUT2D eigenvalue weighted by molar-refractivity contribution is -0.150. The monoisotopic (exact) mass is 285 g/mol. The van der Waals surface area contributed by atoms with Crippen LogP contribution in [0.15, 0.2) is 0 Å². The predicted octanol–water partition coefficient (Wildman–Crippen LogP) is 0.944. The average Bonchev–Trinajstić information content (AvgIpc) is 2.45. The number of likely N-dealkylation sites (tertiary alicyclic amines) is 1. The van der Waals surface area contributed by atoms with Gasteiger partial charge in [0.2, 0.25) is 0 Å². The second kappa shape index (κ2) is 7.96. The van der Waals surface area contributed by atoms with E-state index in [1.807, 2.05) is 20.9 Å². The van der Waals surface area contributed by atoms with Gasteiger partial charge in [-0.3, -0.25) is 4.79 Å². The lowest BCUT2D eigenvalue weighted by Gasteiger charge is -2.36. The largest absolute Gasteiger partial charge is 0.465 e. The van der Waals surface area contributed by atoms with Crippen LogP contribution in [0.5, 0.6) is 0 Å². The Morgan fingerprint density at radius 2 is 2.05 bits per heavy atom. The van der Waals surface area contributed by atoms with Crippen molar-refractivity contribution in [1.82, 2.24) is 15.1 Å². The number of carbonyl (C=O) groups is 1. The van der Waals surface area contributed by atoms with Crippen LogP contribution < -0.4 is 5.32 Å². The molecule has 1 fully saturated rings. The molecule has 1 heterocycles. The minimum absolute atomic E-state index is 0.153. The van der Waals surface area contributed by atoms with Crippen LogP contribution in [0.1, 0.15) is 33.1 Å². The van der Waals surface area contributed by atoms with Crippen molar-refractivity contribution in [2.45, 2.75) is 44.7 Å². The fourth-order valence-corrected chi connectivity index (χ4v) is 2.64.